The van der Waals surface area contributed by atoms with E-state index in [-0.39, 0.29) is 10.6 Å². The summed E-state index contributed by atoms with van der Waals surface area (Å²) in [4.78, 5) is -0.0257. The van der Waals surface area contributed by atoms with Crippen molar-refractivity contribution in [3.8, 4) is 0 Å². The highest BCUT2D eigenvalue weighted by molar-refractivity contribution is 8.13. The minimum atomic E-state index is -3.74. The van der Waals surface area contributed by atoms with Crippen LogP contribution in [0.3, 0.4) is 0 Å². The molecule has 0 aromatic heterocycles. The van der Waals surface area contributed by atoms with Crippen molar-refractivity contribution in [2.24, 2.45) is 10.2 Å². The number of halogens is 1. The van der Waals surface area contributed by atoms with Crippen molar-refractivity contribution in [3.63, 3.8) is 0 Å². The largest absolute Gasteiger partial charge is 0.263 e. The summed E-state index contributed by atoms with van der Waals surface area (Å²) in [5.74, 6) is 0. The molecule has 13 heavy (non-hydrogen) atoms. The lowest BCUT2D eigenvalue weighted by atomic mass is 10.3. The van der Waals surface area contributed by atoms with Gasteiger partial charge in [-0.2, -0.15) is 10.2 Å². The van der Waals surface area contributed by atoms with Gasteiger partial charge in [-0.3, -0.25) is 0 Å². The SMILES string of the molecule is CN=Nc1ccccc1S(=O)(=O)Cl. The van der Waals surface area contributed by atoms with E-state index in [1.165, 1.54) is 19.2 Å². The van der Waals surface area contributed by atoms with Gasteiger partial charge >= 0.3 is 0 Å². The van der Waals surface area contributed by atoms with Gasteiger partial charge in [0.1, 0.15) is 10.6 Å². The molecule has 0 atom stereocenters. The average Bonchev–Trinajstić information content (AvgIpc) is 2.04. The normalized spacial score (nSPS) is 12.2. The van der Waals surface area contributed by atoms with E-state index in [2.05, 4.69) is 10.2 Å². The third-order valence-electron chi connectivity index (χ3n) is 1.34. The maximum Gasteiger partial charge on any atom is 0.263 e. The van der Waals surface area contributed by atoms with Gasteiger partial charge in [-0.1, -0.05) is 12.1 Å². The summed E-state index contributed by atoms with van der Waals surface area (Å²) in [5, 5.41) is 7.12. The van der Waals surface area contributed by atoms with E-state index in [4.69, 9.17) is 10.7 Å². The number of hydrogen-bond donors (Lipinski definition) is 0. The Hall–Kier alpha value is -0.940. The van der Waals surface area contributed by atoms with Gasteiger partial charge in [-0.15, -0.1) is 0 Å². The first-order valence-electron chi connectivity index (χ1n) is 3.39. The third kappa shape index (κ3) is 2.50. The molecular formula is C7H7ClN2O2S. The van der Waals surface area contributed by atoms with Crippen molar-refractivity contribution in [1.82, 2.24) is 0 Å². The van der Waals surface area contributed by atoms with E-state index in [0.717, 1.165) is 0 Å². The molecule has 0 saturated carbocycles. The summed E-state index contributed by atoms with van der Waals surface area (Å²) in [5.41, 5.74) is 0.250. The Morgan fingerprint density at radius 2 is 1.92 bits per heavy atom. The maximum absolute atomic E-state index is 11.0. The highest BCUT2D eigenvalue weighted by Gasteiger charge is 2.14. The molecule has 0 N–H and O–H groups in total. The molecule has 0 aliphatic rings. The Morgan fingerprint density at radius 3 is 2.46 bits per heavy atom. The molecule has 0 unspecified atom stereocenters. The van der Waals surface area contributed by atoms with Gasteiger partial charge in [0.2, 0.25) is 0 Å². The molecule has 0 saturated heterocycles. The second-order valence-corrected chi connectivity index (χ2v) is 4.74. The fraction of sp³-hybridized carbons (Fsp3) is 0.143. The number of hydrogen-bond acceptors (Lipinski definition) is 4. The summed E-state index contributed by atoms with van der Waals surface area (Å²) >= 11 is 0. The molecule has 4 nitrogen and oxygen atoms in total. The second-order valence-electron chi connectivity index (χ2n) is 2.21. The topological polar surface area (TPSA) is 58.9 Å². The fourth-order valence-electron chi connectivity index (χ4n) is 0.854. The Labute approximate surface area is 80.7 Å². The van der Waals surface area contributed by atoms with Crippen LogP contribution in [0.1, 0.15) is 0 Å². The molecule has 0 fully saturated rings. The molecule has 1 rings (SSSR count). The van der Waals surface area contributed by atoms with Crippen molar-refractivity contribution in [1.29, 1.82) is 0 Å². The summed E-state index contributed by atoms with van der Waals surface area (Å²) in [6.45, 7) is 0. The number of rotatable bonds is 2. The molecule has 1 aromatic carbocycles. The van der Waals surface area contributed by atoms with Gasteiger partial charge in [0.25, 0.3) is 9.05 Å². The highest BCUT2D eigenvalue weighted by Crippen LogP contribution is 2.26. The second kappa shape index (κ2) is 3.85. The molecule has 0 spiro atoms. The minimum absolute atomic E-state index is 0.0257. The maximum atomic E-state index is 11.0. The van der Waals surface area contributed by atoms with E-state index < -0.39 is 9.05 Å². The van der Waals surface area contributed by atoms with Gasteiger partial charge < -0.3 is 0 Å². The first kappa shape index (κ1) is 10.1. The number of azo groups is 1. The summed E-state index contributed by atoms with van der Waals surface area (Å²) < 4.78 is 22.0. The Bertz CT molecular complexity index is 428. The third-order valence-corrected chi connectivity index (χ3v) is 2.70. The van der Waals surface area contributed by atoms with E-state index in [9.17, 15) is 8.42 Å². The van der Waals surface area contributed by atoms with Crippen LogP contribution in [0, 0.1) is 0 Å². The quantitative estimate of drug-likeness (QED) is 0.565. The molecule has 0 bridgehead atoms. The molecule has 0 aliphatic carbocycles. The van der Waals surface area contributed by atoms with Crippen molar-refractivity contribution < 1.29 is 8.42 Å². The van der Waals surface area contributed by atoms with Crippen molar-refractivity contribution in [2.45, 2.75) is 4.90 Å². The van der Waals surface area contributed by atoms with Crippen LogP contribution < -0.4 is 0 Å². The first-order chi connectivity index (χ1) is 6.05. The predicted molar refractivity (Wildman–Crippen MR) is 49.9 cm³/mol. The number of nitrogens with zero attached hydrogens (tertiary/aromatic N) is 2. The van der Waals surface area contributed by atoms with E-state index in [1.54, 1.807) is 12.1 Å². The van der Waals surface area contributed by atoms with Crippen molar-refractivity contribution >= 4 is 25.4 Å². The van der Waals surface area contributed by atoms with Crippen LogP contribution in [0.4, 0.5) is 5.69 Å². The van der Waals surface area contributed by atoms with Gasteiger partial charge in [-0.25, -0.2) is 8.42 Å². The molecule has 0 amide bonds. The fourth-order valence-corrected chi connectivity index (χ4v) is 1.84. The van der Waals surface area contributed by atoms with Gasteiger partial charge in [-0.05, 0) is 12.1 Å². The Balaban J connectivity index is 3.37. The molecule has 6 heteroatoms. The minimum Gasteiger partial charge on any atom is -0.207 e. The van der Waals surface area contributed by atoms with Crippen molar-refractivity contribution in [3.05, 3.63) is 24.3 Å². The lowest BCUT2D eigenvalue weighted by Gasteiger charge is -1.98. The number of benzene rings is 1. The van der Waals surface area contributed by atoms with Crippen LogP contribution in [0.25, 0.3) is 0 Å². The van der Waals surface area contributed by atoms with Gasteiger partial charge in [0.05, 0.1) is 0 Å². The predicted octanol–water partition coefficient (Wildman–Crippen LogP) is 2.33. The summed E-state index contributed by atoms with van der Waals surface area (Å²) in [6, 6.07) is 6.15. The summed E-state index contributed by atoms with van der Waals surface area (Å²) in [6.07, 6.45) is 0. The Kier molecular flexibility index (Phi) is 3.00. The molecular weight excluding hydrogens is 212 g/mol. The van der Waals surface area contributed by atoms with E-state index in [1.807, 2.05) is 0 Å². The molecule has 0 aliphatic heterocycles. The molecule has 0 radical (unpaired) electrons. The average molecular weight is 219 g/mol. The zero-order valence-electron chi connectivity index (χ0n) is 6.81. The molecule has 1 aromatic rings. The van der Waals surface area contributed by atoms with Crippen LogP contribution in [-0.4, -0.2) is 15.5 Å². The lowest BCUT2D eigenvalue weighted by molar-refractivity contribution is 0.609. The molecule has 0 heterocycles. The van der Waals surface area contributed by atoms with Gasteiger partial charge in [0.15, 0.2) is 0 Å². The molecule has 70 valence electrons. The van der Waals surface area contributed by atoms with Crippen LogP contribution in [0.15, 0.2) is 39.4 Å². The van der Waals surface area contributed by atoms with Crippen molar-refractivity contribution in [2.75, 3.05) is 7.05 Å². The Morgan fingerprint density at radius 1 is 1.31 bits per heavy atom. The van der Waals surface area contributed by atoms with E-state index >= 15 is 0 Å². The van der Waals surface area contributed by atoms with Crippen LogP contribution in [-0.2, 0) is 9.05 Å². The highest BCUT2D eigenvalue weighted by atomic mass is 35.7. The smallest absolute Gasteiger partial charge is 0.207 e. The van der Waals surface area contributed by atoms with Gasteiger partial charge in [0, 0.05) is 17.7 Å². The van der Waals surface area contributed by atoms with E-state index in [0.29, 0.717) is 0 Å². The zero-order chi connectivity index (χ0) is 9.90. The first-order valence-corrected chi connectivity index (χ1v) is 5.70. The van der Waals surface area contributed by atoms with Crippen LogP contribution >= 0.6 is 10.7 Å². The lowest BCUT2D eigenvalue weighted by Crippen LogP contribution is -1.89. The zero-order valence-corrected chi connectivity index (χ0v) is 8.38. The van der Waals surface area contributed by atoms with Crippen LogP contribution in [0.2, 0.25) is 0 Å². The summed E-state index contributed by atoms with van der Waals surface area (Å²) in [7, 11) is 2.89. The standard InChI is InChI=1S/C7H7ClN2O2S/c1-9-10-6-4-2-3-5-7(6)13(8,11)12/h2-5H,1H3. The van der Waals surface area contributed by atoms with Crippen LogP contribution in [0.5, 0.6) is 0 Å². The monoisotopic (exact) mass is 218 g/mol.